The molecule has 0 saturated carbocycles. The van der Waals surface area contributed by atoms with Gasteiger partial charge in [0, 0.05) is 18.3 Å². The summed E-state index contributed by atoms with van der Waals surface area (Å²) in [5, 5.41) is 9.07. The maximum atomic E-state index is 13.5. The lowest BCUT2D eigenvalue weighted by atomic mass is 10.2. The zero-order chi connectivity index (χ0) is 13.4. The van der Waals surface area contributed by atoms with E-state index in [0.29, 0.717) is 17.1 Å². The average Bonchev–Trinajstić information content (AvgIpc) is 2.79. The normalized spacial score (nSPS) is 10.9. The first-order valence-electron chi connectivity index (χ1n) is 5.36. The maximum Gasteiger partial charge on any atom is 0.182 e. The van der Waals surface area contributed by atoms with E-state index in [1.54, 1.807) is 12.1 Å². The Morgan fingerprint density at radius 1 is 1.16 bits per heavy atom. The Morgan fingerprint density at radius 3 is 2.84 bits per heavy atom. The fourth-order valence-electron chi connectivity index (χ4n) is 1.71. The van der Waals surface area contributed by atoms with E-state index in [1.165, 1.54) is 6.20 Å². The summed E-state index contributed by atoms with van der Waals surface area (Å²) in [5.74, 6) is -3.13. The lowest BCUT2D eigenvalue weighted by Crippen LogP contribution is -1.98. The van der Waals surface area contributed by atoms with Crippen LogP contribution in [0.1, 0.15) is 0 Å². The highest BCUT2D eigenvalue weighted by atomic mass is 19.2. The third-order valence-electron chi connectivity index (χ3n) is 2.57. The number of benzene rings is 1. The summed E-state index contributed by atoms with van der Waals surface area (Å²) in [6.07, 6.45) is 1.53. The molecule has 0 unspecified atom stereocenters. The summed E-state index contributed by atoms with van der Waals surface area (Å²) in [4.78, 5) is 4.05. The van der Waals surface area contributed by atoms with Crippen LogP contribution in [0.4, 0.5) is 24.7 Å². The number of anilines is 2. The van der Waals surface area contributed by atoms with Crippen LogP contribution in [-0.2, 0) is 0 Å². The lowest BCUT2D eigenvalue weighted by Gasteiger charge is -2.05. The van der Waals surface area contributed by atoms with Crippen LogP contribution in [0, 0.1) is 17.5 Å². The monoisotopic (exact) mass is 264 g/mol. The minimum absolute atomic E-state index is 0.194. The largest absolute Gasteiger partial charge is 0.334 e. The first-order chi connectivity index (χ1) is 9.15. The molecule has 0 atom stereocenters. The molecule has 4 nitrogen and oxygen atoms in total. The quantitative estimate of drug-likeness (QED) is 0.699. The number of nitrogens with zero attached hydrogens (tertiary/aromatic N) is 2. The smallest absolute Gasteiger partial charge is 0.182 e. The molecule has 2 aromatic heterocycles. The van der Waals surface area contributed by atoms with Crippen LogP contribution in [0.2, 0.25) is 0 Å². The Kier molecular flexibility index (Phi) is 2.59. The fraction of sp³-hybridized carbons (Fsp3) is 0. The number of aromatic nitrogens is 3. The molecule has 0 bridgehead atoms. The number of H-pyrrole nitrogens is 1. The maximum absolute atomic E-state index is 13.5. The second-order valence-corrected chi connectivity index (χ2v) is 3.85. The van der Waals surface area contributed by atoms with Gasteiger partial charge in [-0.15, -0.1) is 0 Å². The van der Waals surface area contributed by atoms with Gasteiger partial charge in [0.2, 0.25) is 0 Å². The number of rotatable bonds is 2. The Labute approximate surface area is 105 Å². The topological polar surface area (TPSA) is 53.6 Å². The second kappa shape index (κ2) is 4.27. The minimum Gasteiger partial charge on any atom is -0.334 e. The van der Waals surface area contributed by atoms with E-state index in [-0.39, 0.29) is 11.5 Å². The molecule has 0 saturated heterocycles. The van der Waals surface area contributed by atoms with Crippen molar-refractivity contribution in [1.29, 1.82) is 0 Å². The molecule has 7 heteroatoms. The molecule has 2 heterocycles. The first kappa shape index (κ1) is 11.5. The highest BCUT2D eigenvalue weighted by Crippen LogP contribution is 2.25. The first-order valence-corrected chi connectivity index (χ1v) is 5.36. The molecule has 96 valence electrons. The van der Waals surface area contributed by atoms with Gasteiger partial charge in [0.05, 0.1) is 11.2 Å². The molecule has 2 N–H and O–H groups in total. The van der Waals surface area contributed by atoms with Crippen molar-refractivity contribution in [2.45, 2.75) is 0 Å². The molecule has 3 rings (SSSR count). The standard InChI is InChI=1S/C12H7F3N4/c13-6-4-7(14)10(15)9(5-6)17-12-11-8(18-19-12)2-1-3-16-11/h1-5H,(H2,17,18,19). The Balaban J connectivity index is 2.06. The van der Waals surface area contributed by atoms with Gasteiger partial charge in [0.25, 0.3) is 0 Å². The molecule has 0 radical (unpaired) electrons. The van der Waals surface area contributed by atoms with Crippen LogP contribution < -0.4 is 5.32 Å². The van der Waals surface area contributed by atoms with E-state index in [9.17, 15) is 13.2 Å². The molecule has 0 aliphatic heterocycles. The lowest BCUT2D eigenvalue weighted by molar-refractivity contribution is 0.498. The highest BCUT2D eigenvalue weighted by molar-refractivity contribution is 5.87. The van der Waals surface area contributed by atoms with Crippen LogP contribution >= 0.6 is 0 Å². The fourth-order valence-corrected chi connectivity index (χ4v) is 1.71. The average molecular weight is 264 g/mol. The van der Waals surface area contributed by atoms with Gasteiger partial charge in [-0.3, -0.25) is 10.1 Å². The van der Waals surface area contributed by atoms with E-state index in [0.717, 1.165) is 6.07 Å². The van der Waals surface area contributed by atoms with Gasteiger partial charge >= 0.3 is 0 Å². The van der Waals surface area contributed by atoms with Crippen molar-refractivity contribution in [3.05, 3.63) is 47.9 Å². The van der Waals surface area contributed by atoms with Crippen molar-refractivity contribution >= 4 is 22.5 Å². The summed E-state index contributed by atoms with van der Waals surface area (Å²) >= 11 is 0. The van der Waals surface area contributed by atoms with Crippen molar-refractivity contribution in [3.63, 3.8) is 0 Å². The van der Waals surface area contributed by atoms with Gasteiger partial charge in [-0.2, -0.15) is 5.10 Å². The third-order valence-corrected chi connectivity index (χ3v) is 2.57. The minimum atomic E-state index is -1.27. The van der Waals surface area contributed by atoms with Crippen LogP contribution in [0.3, 0.4) is 0 Å². The summed E-state index contributed by atoms with van der Waals surface area (Å²) in [5.41, 5.74) is 0.741. The highest BCUT2D eigenvalue weighted by Gasteiger charge is 2.14. The van der Waals surface area contributed by atoms with Crippen LogP contribution in [0.25, 0.3) is 11.0 Å². The van der Waals surface area contributed by atoms with Crippen molar-refractivity contribution in [1.82, 2.24) is 15.2 Å². The molecule has 0 aliphatic carbocycles. The van der Waals surface area contributed by atoms with Crippen molar-refractivity contribution < 1.29 is 13.2 Å². The van der Waals surface area contributed by atoms with E-state index in [1.807, 2.05) is 0 Å². The molecule has 3 aromatic rings. The van der Waals surface area contributed by atoms with E-state index in [4.69, 9.17) is 0 Å². The predicted molar refractivity (Wildman–Crippen MR) is 63.5 cm³/mol. The number of hydrogen-bond acceptors (Lipinski definition) is 3. The number of fused-ring (bicyclic) bond motifs is 1. The molecular formula is C12H7F3N4. The van der Waals surface area contributed by atoms with Gasteiger partial charge in [0.15, 0.2) is 17.5 Å². The van der Waals surface area contributed by atoms with Gasteiger partial charge in [-0.25, -0.2) is 13.2 Å². The number of halogens is 3. The molecule has 1 aromatic carbocycles. The summed E-state index contributed by atoms with van der Waals surface area (Å²) in [6, 6.07) is 4.75. The van der Waals surface area contributed by atoms with Crippen LogP contribution in [0.5, 0.6) is 0 Å². The van der Waals surface area contributed by atoms with Gasteiger partial charge in [-0.1, -0.05) is 0 Å². The number of hydrogen-bond donors (Lipinski definition) is 2. The molecular weight excluding hydrogens is 257 g/mol. The second-order valence-electron chi connectivity index (χ2n) is 3.85. The molecule has 0 spiro atoms. The number of nitrogens with one attached hydrogen (secondary N) is 2. The summed E-state index contributed by atoms with van der Waals surface area (Å²) in [6.45, 7) is 0. The van der Waals surface area contributed by atoms with E-state index < -0.39 is 17.5 Å². The van der Waals surface area contributed by atoms with Gasteiger partial charge < -0.3 is 5.32 Å². The van der Waals surface area contributed by atoms with Gasteiger partial charge in [-0.05, 0) is 12.1 Å². The molecule has 0 aliphatic rings. The van der Waals surface area contributed by atoms with Gasteiger partial charge in [0.1, 0.15) is 11.3 Å². The number of aromatic amines is 1. The zero-order valence-electron chi connectivity index (χ0n) is 9.42. The Morgan fingerprint density at radius 2 is 2.00 bits per heavy atom. The zero-order valence-corrected chi connectivity index (χ0v) is 9.42. The van der Waals surface area contributed by atoms with Crippen molar-refractivity contribution in [2.75, 3.05) is 5.32 Å². The van der Waals surface area contributed by atoms with Crippen LogP contribution in [-0.4, -0.2) is 15.2 Å². The van der Waals surface area contributed by atoms with Crippen molar-refractivity contribution in [3.8, 4) is 0 Å². The summed E-state index contributed by atoms with van der Waals surface area (Å²) < 4.78 is 39.7. The molecule has 0 fully saturated rings. The Hall–Kier alpha value is -2.57. The van der Waals surface area contributed by atoms with E-state index in [2.05, 4.69) is 20.5 Å². The predicted octanol–water partition coefficient (Wildman–Crippen LogP) is 3.12. The third kappa shape index (κ3) is 1.99. The Bertz CT molecular complexity index is 754. The summed E-state index contributed by atoms with van der Waals surface area (Å²) in [7, 11) is 0. The van der Waals surface area contributed by atoms with Crippen molar-refractivity contribution in [2.24, 2.45) is 0 Å². The SMILES string of the molecule is Fc1cc(F)c(F)c(Nc2n[nH]c3cccnc23)c1. The van der Waals surface area contributed by atoms with E-state index >= 15 is 0 Å². The molecule has 0 amide bonds. The molecule has 19 heavy (non-hydrogen) atoms. The number of pyridine rings is 1. The van der Waals surface area contributed by atoms with Crippen LogP contribution in [0.15, 0.2) is 30.5 Å².